The first-order chi connectivity index (χ1) is 19.6. The first kappa shape index (κ1) is 29.7. The predicted octanol–water partition coefficient (Wildman–Crippen LogP) is 1.18. The number of carbonyl (C=O) groups is 4. The highest BCUT2D eigenvalue weighted by molar-refractivity contribution is 6.18. The first-order valence-electron chi connectivity index (χ1n) is 14.8. The summed E-state index contributed by atoms with van der Waals surface area (Å²) >= 11 is 0. The predicted molar refractivity (Wildman–Crippen MR) is 143 cm³/mol. The Morgan fingerprint density at radius 1 is 1.00 bits per heavy atom. The minimum atomic E-state index is -1.27. The molecule has 2 aliphatic carbocycles. The van der Waals surface area contributed by atoms with E-state index in [0.717, 1.165) is 0 Å². The fourth-order valence-electron chi connectivity index (χ4n) is 7.53. The summed E-state index contributed by atoms with van der Waals surface area (Å²) in [5.74, 6) is -2.60. The average Bonchev–Trinajstić information content (AvgIpc) is 3.32. The van der Waals surface area contributed by atoms with Crippen molar-refractivity contribution in [3.63, 3.8) is 0 Å². The summed E-state index contributed by atoms with van der Waals surface area (Å²) in [5.41, 5.74) is -0.269. The van der Waals surface area contributed by atoms with Crippen LogP contribution in [0.25, 0.3) is 0 Å². The lowest BCUT2D eigenvalue weighted by atomic mass is 9.73. The number of ether oxygens (including phenoxy) is 1. The normalized spacial score (nSPS) is 36.9. The van der Waals surface area contributed by atoms with Crippen LogP contribution < -0.4 is 5.32 Å². The van der Waals surface area contributed by atoms with Gasteiger partial charge in [-0.15, -0.1) is 0 Å². The monoisotopic (exact) mass is 581 g/mol. The van der Waals surface area contributed by atoms with Crippen molar-refractivity contribution in [3.05, 3.63) is 11.8 Å². The number of cyclic esters (lactones) is 1. The zero-order valence-electron chi connectivity index (χ0n) is 23.7. The Morgan fingerprint density at radius 3 is 2.27 bits per heavy atom. The van der Waals surface area contributed by atoms with Gasteiger partial charge in [-0.3, -0.25) is 19.4 Å². The number of carboxylic acid groups (broad SMARTS) is 1. The lowest BCUT2D eigenvalue weighted by Crippen LogP contribution is -2.62. The van der Waals surface area contributed by atoms with Crippen LogP contribution in [-0.2, 0) is 19.1 Å². The number of carboxylic acids is 1. The number of alkyl halides is 2. The van der Waals surface area contributed by atoms with Crippen LogP contribution in [0.1, 0.15) is 46.0 Å². The van der Waals surface area contributed by atoms with Crippen molar-refractivity contribution < 1.29 is 37.8 Å². The highest BCUT2D eigenvalue weighted by Gasteiger charge is 2.49. The number of aliphatic carboxylic acids is 1. The van der Waals surface area contributed by atoms with Crippen molar-refractivity contribution >= 4 is 23.8 Å². The van der Waals surface area contributed by atoms with E-state index in [1.165, 1.54) is 13.1 Å². The quantitative estimate of drug-likeness (QED) is 0.427. The number of carbonyl (C=O) groups excluding carboxylic acids is 3. The van der Waals surface area contributed by atoms with E-state index in [9.17, 15) is 24.3 Å². The highest BCUT2D eigenvalue weighted by atomic mass is 19.1. The maximum absolute atomic E-state index is 15.5. The molecule has 2 N–H and O–H groups in total. The average molecular weight is 582 g/mol. The minimum absolute atomic E-state index is 0.0106. The second-order valence-electron chi connectivity index (χ2n) is 12.0. The number of piperazine rings is 1. The fourth-order valence-corrected chi connectivity index (χ4v) is 7.53. The minimum Gasteiger partial charge on any atom is -0.478 e. The van der Waals surface area contributed by atoms with E-state index in [1.54, 1.807) is 4.90 Å². The lowest BCUT2D eigenvalue weighted by molar-refractivity contribution is -0.138. The standard InChI is InChI=1S/C28H41F2N5O6/c1-3-32-15-20(27(38)39)26(37)19-11-22(30)25(12-24(19)32)34-8-6-33(7-9-34)23-5-4-17(10-21(23)29)35-14-18(41-28(35)40)13-31-16(2)36/h15,17-19,21-25H,3-14H2,1-2H3,(H,31,36)(H,38,39)/t17?,18-,19?,21?,22?,23?,24?,25?/m0/s1. The smallest absolute Gasteiger partial charge is 0.410 e. The van der Waals surface area contributed by atoms with E-state index < -0.39 is 42.2 Å². The number of halogens is 2. The van der Waals surface area contributed by atoms with E-state index >= 15 is 8.78 Å². The van der Waals surface area contributed by atoms with Crippen LogP contribution in [-0.4, -0.2) is 137 Å². The molecule has 7 unspecified atom stereocenters. The van der Waals surface area contributed by atoms with Crippen LogP contribution in [0.3, 0.4) is 0 Å². The molecule has 0 spiro atoms. The summed E-state index contributed by atoms with van der Waals surface area (Å²) in [7, 11) is 0. The Bertz CT molecular complexity index is 1070. The second kappa shape index (κ2) is 12.2. The van der Waals surface area contributed by atoms with Gasteiger partial charge in [0.05, 0.1) is 13.1 Å². The third kappa shape index (κ3) is 6.06. The number of amides is 2. The van der Waals surface area contributed by atoms with E-state index in [-0.39, 0.29) is 55.0 Å². The lowest BCUT2D eigenvalue weighted by Gasteiger charge is -2.50. The van der Waals surface area contributed by atoms with Crippen LogP contribution in [0.5, 0.6) is 0 Å². The van der Waals surface area contributed by atoms with E-state index in [2.05, 4.69) is 15.1 Å². The van der Waals surface area contributed by atoms with Gasteiger partial charge < -0.3 is 25.0 Å². The van der Waals surface area contributed by atoms with Gasteiger partial charge in [-0.25, -0.2) is 18.4 Å². The molecule has 3 aliphatic heterocycles. The molecule has 0 aromatic rings. The molecule has 0 bridgehead atoms. The van der Waals surface area contributed by atoms with Crippen molar-refractivity contribution in [2.45, 2.75) is 88.6 Å². The summed E-state index contributed by atoms with van der Waals surface area (Å²) in [6.45, 7) is 6.81. The number of hydrogen-bond donors (Lipinski definition) is 2. The number of nitrogens with zero attached hydrogens (tertiary/aromatic N) is 4. The van der Waals surface area contributed by atoms with E-state index in [1.807, 2.05) is 11.8 Å². The molecule has 4 fully saturated rings. The Balaban J connectivity index is 1.13. The topological polar surface area (TPSA) is 123 Å². The van der Waals surface area contributed by atoms with Gasteiger partial charge in [0.25, 0.3) is 0 Å². The van der Waals surface area contributed by atoms with Crippen LogP contribution in [0.2, 0.25) is 0 Å². The van der Waals surface area contributed by atoms with Crippen molar-refractivity contribution in [2.24, 2.45) is 5.92 Å². The number of rotatable bonds is 7. The highest BCUT2D eigenvalue weighted by Crippen LogP contribution is 2.39. The molecule has 0 aromatic carbocycles. The van der Waals surface area contributed by atoms with Crippen LogP contribution >= 0.6 is 0 Å². The van der Waals surface area contributed by atoms with Crippen LogP contribution in [0.4, 0.5) is 13.6 Å². The van der Waals surface area contributed by atoms with E-state index in [4.69, 9.17) is 4.74 Å². The maximum Gasteiger partial charge on any atom is 0.410 e. The van der Waals surface area contributed by atoms with Crippen molar-refractivity contribution in [1.82, 2.24) is 24.9 Å². The molecule has 3 heterocycles. The zero-order valence-corrected chi connectivity index (χ0v) is 23.7. The summed E-state index contributed by atoms with van der Waals surface area (Å²) in [4.78, 5) is 55.6. The molecule has 2 saturated carbocycles. The van der Waals surface area contributed by atoms with Crippen LogP contribution in [0, 0.1) is 5.92 Å². The van der Waals surface area contributed by atoms with E-state index in [0.29, 0.717) is 58.5 Å². The molecule has 13 heteroatoms. The SMILES string of the molecule is CCN1C=C(C(=O)O)C(=O)C2CC(F)C(N3CCN(C4CCC(N5C[C@H](CNC(C)=O)OC5=O)CC4F)CC3)CC21. The molecule has 11 nitrogen and oxygen atoms in total. The second-order valence-corrected chi connectivity index (χ2v) is 12.0. The third-order valence-electron chi connectivity index (χ3n) is 9.68. The number of Topliss-reactive ketones (excluding diaryl/α,β-unsaturated/α-hetero) is 1. The summed E-state index contributed by atoms with van der Waals surface area (Å²) in [5, 5.41) is 12.1. The van der Waals surface area contributed by atoms with Crippen molar-refractivity contribution in [2.75, 3.05) is 45.8 Å². The molecule has 5 aliphatic rings. The molecule has 0 radical (unpaired) electrons. The van der Waals surface area contributed by atoms with Crippen LogP contribution in [0.15, 0.2) is 11.8 Å². The molecular formula is C28H41F2N5O6. The van der Waals surface area contributed by atoms with Gasteiger partial charge in [-0.1, -0.05) is 0 Å². The molecule has 2 saturated heterocycles. The first-order valence-corrected chi connectivity index (χ1v) is 14.8. The van der Waals surface area contributed by atoms with Gasteiger partial charge >= 0.3 is 12.1 Å². The number of ketones is 1. The van der Waals surface area contributed by atoms with Gasteiger partial charge in [0.2, 0.25) is 5.91 Å². The largest absolute Gasteiger partial charge is 0.478 e. The maximum atomic E-state index is 15.5. The molecular weight excluding hydrogens is 540 g/mol. The summed E-state index contributed by atoms with van der Waals surface area (Å²) in [6.07, 6.45) is 0.143. The Morgan fingerprint density at radius 2 is 1.66 bits per heavy atom. The van der Waals surface area contributed by atoms with Gasteiger partial charge in [0, 0.05) is 82.4 Å². The molecule has 41 heavy (non-hydrogen) atoms. The van der Waals surface area contributed by atoms with Gasteiger partial charge in [-0.2, -0.15) is 0 Å². The number of hydrogen-bond acceptors (Lipinski definition) is 8. The molecule has 5 rings (SSSR count). The summed E-state index contributed by atoms with van der Waals surface area (Å²) < 4.78 is 36.3. The fraction of sp³-hybridized carbons (Fsp3) is 0.786. The Kier molecular flexibility index (Phi) is 8.84. The zero-order chi connectivity index (χ0) is 29.4. The van der Waals surface area contributed by atoms with Gasteiger partial charge in [0.1, 0.15) is 24.0 Å². The molecule has 8 atom stereocenters. The van der Waals surface area contributed by atoms with Crippen molar-refractivity contribution in [3.8, 4) is 0 Å². The third-order valence-corrected chi connectivity index (χ3v) is 9.68. The molecule has 2 amide bonds. The van der Waals surface area contributed by atoms with Gasteiger partial charge in [-0.05, 0) is 32.6 Å². The molecule has 228 valence electrons. The Hall–Kier alpha value is -2.80. The van der Waals surface area contributed by atoms with Crippen molar-refractivity contribution in [1.29, 1.82) is 0 Å². The van der Waals surface area contributed by atoms with Gasteiger partial charge in [0.15, 0.2) is 5.78 Å². The Labute approximate surface area is 238 Å². The number of fused-ring (bicyclic) bond motifs is 1. The summed E-state index contributed by atoms with van der Waals surface area (Å²) in [6, 6.07) is -1.10. The molecule has 0 aromatic heterocycles. The number of nitrogens with one attached hydrogen (secondary N) is 1.